The third kappa shape index (κ3) is 1.67. The monoisotopic (exact) mass is 212 g/mol. The molecule has 0 unspecified atom stereocenters. The van der Waals surface area contributed by atoms with Gasteiger partial charge in [0, 0.05) is 4.90 Å². The largest absolute Gasteiger partial charge is 0.207 e. The van der Waals surface area contributed by atoms with Crippen molar-refractivity contribution in [3.63, 3.8) is 0 Å². The van der Waals surface area contributed by atoms with Gasteiger partial charge in [0.2, 0.25) is 0 Å². The van der Waals surface area contributed by atoms with Crippen LogP contribution >= 0.6 is 11.8 Å². The van der Waals surface area contributed by atoms with E-state index < -0.39 is 8.07 Å². The van der Waals surface area contributed by atoms with Gasteiger partial charge in [0.25, 0.3) is 0 Å². The minimum atomic E-state index is -1.30. The Labute approximate surface area is 83.6 Å². The van der Waals surface area contributed by atoms with Crippen molar-refractivity contribution >= 4 is 25.0 Å². The summed E-state index contributed by atoms with van der Waals surface area (Å²) in [6.45, 7) is 4.65. The van der Waals surface area contributed by atoms with Crippen LogP contribution in [0, 0.1) is 5.82 Å². The Bertz CT molecular complexity index is 336. The molecule has 0 nitrogen and oxygen atoms in total. The number of rotatable bonds is 0. The van der Waals surface area contributed by atoms with Gasteiger partial charge in [-0.25, -0.2) is 4.39 Å². The lowest BCUT2D eigenvalue weighted by Crippen LogP contribution is -2.45. The molecule has 70 valence electrons. The van der Waals surface area contributed by atoms with E-state index in [1.54, 1.807) is 12.1 Å². The lowest BCUT2D eigenvalue weighted by molar-refractivity contribution is 0.627. The first-order valence-electron chi connectivity index (χ1n) is 4.52. The highest BCUT2D eigenvalue weighted by Gasteiger charge is 2.29. The summed E-state index contributed by atoms with van der Waals surface area (Å²) >= 11 is 1.87. The molecule has 3 heteroatoms. The first-order chi connectivity index (χ1) is 6.09. The van der Waals surface area contributed by atoms with Gasteiger partial charge in [-0.15, -0.1) is 11.8 Å². The predicted octanol–water partition coefficient (Wildman–Crippen LogP) is 2.85. The summed E-state index contributed by atoms with van der Waals surface area (Å²) in [5.74, 6) is 1.12. The zero-order valence-corrected chi connectivity index (χ0v) is 9.75. The third-order valence-electron chi connectivity index (χ3n) is 2.66. The number of benzene rings is 1. The molecule has 1 aliphatic rings. The predicted molar refractivity (Wildman–Crippen MR) is 59.0 cm³/mol. The van der Waals surface area contributed by atoms with E-state index >= 15 is 0 Å². The van der Waals surface area contributed by atoms with Crippen LogP contribution in [0.25, 0.3) is 0 Å². The van der Waals surface area contributed by atoms with Crippen LogP contribution in [0.15, 0.2) is 23.1 Å². The Morgan fingerprint density at radius 1 is 1.38 bits per heavy atom. The van der Waals surface area contributed by atoms with Gasteiger partial charge in [0.15, 0.2) is 0 Å². The van der Waals surface area contributed by atoms with E-state index in [4.69, 9.17) is 0 Å². The zero-order chi connectivity index (χ0) is 9.47. The van der Waals surface area contributed by atoms with Crippen molar-refractivity contribution in [1.82, 2.24) is 0 Å². The number of hydrogen-bond acceptors (Lipinski definition) is 1. The molecule has 0 aliphatic carbocycles. The van der Waals surface area contributed by atoms with Crippen molar-refractivity contribution in [3.8, 4) is 0 Å². The van der Waals surface area contributed by atoms with Crippen molar-refractivity contribution in [3.05, 3.63) is 24.0 Å². The summed E-state index contributed by atoms with van der Waals surface area (Å²) in [5, 5.41) is 1.31. The van der Waals surface area contributed by atoms with Crippen LogP contribution in [0.1, 0.15) is 0 Å². The molecule has 0 amide bonds. The van der Waals surface area contributed by atoms with Crippen LogP contribution in [0.2, 0.25) is 19.1 Å². The number of halogens is 1. The van der Waals surface area contributed by atoms with Crippen molar-refractivity contribution in [2.45, 2.75) is 24.0 Å². The van der Waals surface area contributed by atoms with Crippen LogP contribution in [0.5, 0.6) is 0 Å². The average Bonchev–Trinajstić information content (AvgIpc) is 2.06. The standard InChI is InChI=1S/C10H13FSSi/c1-13(2)6-5-12-9-4-3-8(11)7-10(9)13/h3-4,7H,5-6H2,1-2H3. The molecule has 1 heterocycles. The first kappa shape index (κ1) is 9.28. The van der Waals surface area contributed by atoms with Crippen molar-refractivity contribution in [1.29, 1.82) is 0 Å². The third-order valence-corrected chi connectivity index (χ3v) is 7.65. The summed E-state index contributed by atoms with van der Waals surface area (Å²) in [6.07, 6.45) is 0. The highest BCUT2D eigenvalue weighted by molar-refractivity contribution is 7.99. The fraction of sp³-hybridized carbons (Fsp3) is 0.400. The van der Waals surface area contributed by atoms with Crippen LogP contribution in [0.3, 0.4) is 0 Å². The second-order valence-electron chi connectivity index (χ2n) is 4.12. The maximum atomic E-state index is 13.1. The molecule has 13 heavy (non-hydrogen) atoms. The van der Waals surface area contributed by atoms with E-state index in [0.717, 1.165) is 0 Å². The minimum absolute atomic E-state index is 0.0816. The smallest absolute Gasteiger partial charge is 0.123 e. The van der Waals surface area contributed by atoms with Gasteiger partial charge in [-0.2, -0.15) is 0 Å². The van der Waals surface area contributed by atoms with Gasteiger partial charge >= 0.3 is 0 Å². The Morgan fingerprint density at radius 2 is 2.15 bits per heavy atom. The molecule has 2 rings (SSSR count). The highest BCUT2D eigenvalue weighted by Crippen LogP contribution is 2.29. The molecule has 0 aromatic heterocycles. The van der Waals surface area contributed by atoms with Crippen LogP contribution in [-0.2, 0) is 0 Å². The lowest BCUT2D eigenvalue weighted by atomic mass is 10.3. The number of fused-ring (bicyclic) bond motifs is 1. The molecule has 1 aromatic carbocycles. The minimum Gasteiger partial charge on any atom is -0.207 e. The second kappa shape index (κ2) is 3.14. The van der Waals surface area contributed by atoms with E-state index in [0.29, 0.717) is 0 Å². The van der Waals surface area contributed by atoms with Gasteiger partial charge in [0.1, 0.15) is 5.82 Å². The van der Waals surface area contributed by atoms with Crippen molar-refractivity contribution < 1.29 is 4.39 Å². The molecule has 1 aromatic rings. The molecule has 0 atom stereocenters. The van der Waals surface area contributed by atoms with Gasteiger partial charge in [-0.3, -0.25) is 0 Å². The Morgan fingerprint density at radius 3 is 2.92 bits per heavy atom. The van der Waals surface area contributed by atoms with Crippen molar-refractivity contribution in [2.24, 2.45) is 0 Å². The second-order valence-corrected chi connectivity index (χ2v) is 10.1. The van der Waals surface area contributed by atoms with Crippen LogP contribution < -0.4 is 5.19 Å². The maximum absolute atomic E-state index is 13.1. The molecule has 0 bridgehead atoms. The number of hydrogen-bond donors (Lipinski definition) is 0. The molecule has 1 aliphatic heterocycles. The Kier molecular flexibility index (Phi) is 2.24. The molecular formula is C10H13FSSi. The van der Waals surface area contributed by atoms with Crippen LogP contribution in [0.4, 0.5) is 4.39 Å². The first-order valence-corrected chi connectivity index (χ1v) is 8.72. The maximum Gasteiger partial charge on any atom is 0.123 e. The quantitative estimate of drug-likeness (QED) is 0.596. The molecule has 0 fully saturated rings. The zero-order valence-electron chi connectivity index (χ0n) is 7.93. The summed E-state index contributed by atoms with van der Waals surface area (Å²) in [5.41, 5.74) is 0. The molecule has 0 saturated carbocycles. The van der Waals surface area contributed by atoms with Gasteiger partial charge in [-0.1, -0.05) is 13.1 Å². The van der Waals surface area contributed by atoms with Crippen molar-refractivity contribution in [2.75, 3.05) is 5.75 Å². The van der Waals surface area contributed by atoms with Gasteiger partial charge in [-0.05, 0) is 35.2 Å². The SMILES string of the molecule is C[Si]1(C)CCSc2ccc(F)cc21. The topological polar surface area (TPSA) is 0 Å². The van der Waals surface area contributed by atoms with Crippen LogP contribution in [-0.4, -0.2) is 13.8 Å². The highest BCUT2D eigenvalue weighted by atomic mass is 32.2. The molecule has 0 N–H and O–H groups in total. The van der Waals surface area contributed by atoms with Gasteiger partial charge < -0.3 is 0 Å². The van der Waals surface area contributed by atoms with E-state index in [1.807, 2.05) is 17.8 Å². The summed E-state index contributed by atoms with van der Waals surface area (Å²) in [7, 11) is -1.30. The fourth-order valence-electron chi connectivity index (χ4n) is 1.71. The average molecular weight is 212 g/mol. The van der Waals surface area contributed by atoms with E-state index in [-0.39, 0.29) is 5.82 Å². The summed E-state index contributed by atoms with van der Waals surface area (Å²) in [6, 6.07) is 6.52. The molecule has 0 saturated heterocycles. The van der Waals surface area contributed by atoms with E-state index in [2.05, 4.69) is 13.1 Å². The molecular weight excluding hydrogens is 199 g/mol. The van der Waals surface area contributed by atoms with E-state index in [9.17, 15) is 4.39 Å². The van der Waals surface area contributed by atoms with Gasteiger partial charge in [0.05, 0.1) is 8.07 Å². The Balaban J connectivity index is 2.55. The Hall–Kier alpha value is -0.283. The van der Waals surface area contributed by atoms with E-state index in [1.165, 1.54) is 21.9 Å². The number of thioether (sulfide) groups is 1. The molecule has 0 radical (unpaired) electrons. The summed E-state index contributed by atoms with van der Waals surface area (Å²) < 4.78 is 13.1. The normalized spacial score (nSPS) is 19.6. The molecule has 0 spiro atoms. The summed E-state index contributed by atoms with van der Waals surface area (Å²) in [4.78, 5) is 1.31. The lowest BCUT2D eigenvalue weighted by Gasteiger charge is -2.29. The fourth-order valence-corrected chi connectivity index (χ4v) is 7.35.